The molecule has 2 aliphatic carbocycles. The number of nitrogens with zero attached hydrogens (tertiary/aromatic N) is 7. The summed E-state index contributed by atoms with van der Waals surface area (Å²) in [7, 11) is 1.30. The van der Waals surface area contributed by atoms with Crippen LogP contribution in [-0.4, -0.2) is 296 Å². The number of hydrogen-bond donors (Lipinski definition) is 13. The number of likely N-dealkylation sites (tertiary alicyclic amines) is 4. The minimum absolute atomic E-state index is 0.0439. The number of amides is 8. The molecule has 6 fully saturated rings. The lowest BCUT2D eigenvalue weighted by atomic mass is 9.72. The van der Waals surface area contributed by atoms with Gasteiger partial charge in [-0.05, 0) is 166 Å². The summed E-state index contributed by atoms with van der Waals surface area (Å²) >= 11 is 0. The fourth-order valence-electron chi connectivity index (χ4n) is 17.5. The molecular weight excluding hydrogens is 1870 g/mol. The van der Waals surface area contributed by atoms with Crippen molar-refractivity contribution in [1.82, 2.24) is 61.1 Å². The lowest BCUT2D eigenvalue weighted by Crippen LogP contribution is -2.59. The Labute approximate surface area is 833 Å². The van der Waals surface area contributed by atoms with Gasteiger partial charge in [0.05, 0.1) is 60.1 Å². The predicted octanol–water partition coefficient (Wildman–Crippen LogP) is 5.72. The molecule has 4 unspecified atom stereocenters. The molecule has 4 aromatic carbocycles. The van der Waals surface area contributed by atoms with E-state index in [1.807, 2.05) is 74.5 Å². The van der Waals surface area contributed by atoms with Crippen LogP contribution in [0.15, 0.2) is 152 Å². The summed E-state index contributed by atoms with van der Waals surface area (Å²) < 4.78 is 28.3. The highest BCUT2D eigenvalue weighted by atomic mass is 16.7. The number of rotatable bonds is 26. The van der Waals surface area contributed by atoms with Crippen LogP contribution in [0.5, 0.6) is 17.2 Å². The molecule has 41 nitrogen and oxygen atoms in total. The van der Waals surface area contributed by atoms with Crippen LogP contribution in [-0.2, 0) is 91.3 Å². The van der Waals surface area contributed by atoms with Gasteiger partial charge >= 0.3 is 23.9 Å². The van der Waals surface area contributed by atoms with Crippen molar-refractivity contribution in [2.75, 3.05) is 46.4 Å². The fourth-order valence-corrected chi connectivity index (χ4v) is 17.5. The maximum Gasteiger partial charge on any atom is 0.329 e. The highest BCUT2D eigenvalue weighted by molar-refractivity contribution is 6.31. The van der Waals surface area contributed by atoms with E-state index in [-0.39, 0.29) is 107 Å². The molecule has 9 heterocycles. The molecule has 0 radical (unpaired) electrons. The van der Waals surface area contributed by atoms with Gasteiger partial charge in [-0.3, -0.25) is 77.3 Å². The zero-order valence-electron chi connectivity index (χ0n) is 82.4. The van der Waals surface area contributed by atoms with Gasteiger partial charge in [0, 0.05) is 116 Å². The number of Topliss-reactive ketones (excluding diaryl/α,β-unsaturated/α-hetero) is 2. The van der Waals surface area contributed by atoms with Crippen LogP contribution in [0.3, 0.4) is 0 Å². The molecule has 7 aromatic rings. The van der Waals surface area contributed by atoms with E-state index in [4.69, 9.17) is 39.6 Å². The monoisotopic (exact) mass is 2000 g/mol. The first-order valence-corrected chi connectivity index (χ1v) is 47.9. The number of carboxylic acids is 2. The minimum atomic E-state index is -2.38. The number of esters is 2. The summed E-state index contributed by atoms with van der Waals surface area (Å²) in [5, 5.41) is 86.9. The molecule has 15 atom stereocenters. The Morgan fingerprint density at radius 1 is 0.556 bits per heavy atom. The highest BCUT2D eigenvalue weighted by Gasteiger charge is 2.52. The molecule has 3 aromatic heterocycles. The maximum atomic E-state index is 14.0. The minimum Gasteiger partial charge on any atom is -0.507 e. The van der Waals surface area contributed by atoms with Gasteiger partial charge in [-0.15, -0.1) is 0 Å². The number of benzene rings is 4. The number of hydrogen-bond acceptors (Lipinski definition) is 31. The Kier molecular flexibility index (Phi) is 42.3. The molecule has 6 aliphatic heterocycles. The highest BCUT2D eigenvalue weighted by Crippen LogP contribution is 2.53. The predicted molar refractivity (Wildman–Crippen MR) is 517 cm³/mol. The number of nitrogens with two attached hydrogens (primary N) is 1. The number of phenolic OH excluding ortho intramolecular Hbond substituents is 2. The largest absolute Gasteiger partial charge is 0.507 e. The number of carbonyl (C=O) groups excluding carboxylic acids is 14. The van der Waals surface area contributed by atoms with E-state index in [0.29, 0.717) is 74.8 Å². The molecule has 14 N–H and O–H groups in total. The summed E-state index contributed by atoms with van der Waals surface area (Å²) in [4.78, 5) is 215. The maximum absolute atomic E-state index is 14.0. The van der Waals surface area contributed by atoms with Crippen molar-refractivity contribution in [3.05, 3.63) is 214 Å². The zero-order valence-corrected chi connectivity index (χ0v) is 82.4. The first-order valence-electron chi connectivity index (χ1n) is 47.9. The number of carbonyl (C=O) groups is 16. The number of fused-ring (bicyclic) bond motifs is 3. The van der Waals surface area contributed by atoms with Crippen molar-refractivity contribution in [3.63, 3.8) is 0 Å². The van der Waals surface area contributed by atoms with Gasteiger partial charge in [0.25, 0.3) is 17.7 Å². The Bertz CT molecular complexity index is 5670. The van der Waals surface area contributed by atoms with Gasteiger partial charge in [-0.2, -0.15) is 0 Å². The number of pyridine rings is 3. The van der Waals surface area contributed by atoms with Crippen LogP contribution >= 0.6 is 0 Å². The second-order valence-electron chi connectivity index (χ2n) is 35.7. The molecule has 8 aliphatic rings. The number of ketones is 4. The smallest absolute Gasteiger partial charge is 0.329 e. The molecule has 41 heteroatoms. The molecule has 6 saturated heterocycles. The average molecular weight is 2000 g/mol. The van der Waals surface area contributed by atoms with Gasteiger partial charge in [0.1, 0.15) is 96.9 Å². The third kappa shape index (κ3) is 29.3. The third-order valence-corrected chi connectivity index (χ3v) is 25.2. The van der Waals surface area contributed by atoms with Crippen LogP contribution < -0.4 is 37.1 Å². The van der Waals surface area contributed by atoms with Crippen molar-refractivity contribution < 1.29 is 136 Å². The van der Waals surface area contributed by atoms with Gasteiger partial charge < -0.3 is 111 Å². The number of aliphatic hydroxyl groups excluding tert-OH is 2. The van der Waals surface area contributed by atoms with E-state index >= 15 is 0 Å². The Balaban J connectivity index is 0.000000224. The molecule has 144 heavy (non-hydrogen) atoms. The number of phenols is 2. The number of aromatic hydroxyl groups is 2. The van der Waals surface area contributed by atoms with Crippen LogP contribution in [0.2, 0.25) is 0 Å². The molecule has 774 valence electrons. The molecule has 0 spiro atoms. The number of aliphatic hydroxyl groups is 3. The fraction of sp³-hybridized carbons (Fsp3) is 0.466. The van der Waals surface area contributed by atoms with Gasteiger partial charge in [-0.1, -0.05) is 100 Å². The molecule has 15 rings (SSSR count). The summed E-state index contributed by atoms with van der Waals surface area (Å²) in [6.45, 7) is 18.8. The van der Waals surface area contributed by atoms with Gasteiger partial charge in [-0.25, -0.2) is 14.4 Å². The Morgan fingerprint density at radius 2 is 0.979 bits per heavy atom. The van der Waals surface area contributed by atoms with E-state index < -0.39 is 180 Å². The topological polar surface area (TPSA) is 599 Å². The van der Waals surface area contributed by atoms with E-state index in [1.165, 1.54) is 108 Å². The normalized spacial score (nSPS) is 21.7. The number of ether oxygens (including phenoxy) is 5. The van der Waals surface area contributed by atoms with E-state index in [0.717, 1.165) is 43.4 Å². The molecule has 8 amide bonds. The number of nitrogens with one attached hydrogen (secondary N) is 5. The molecule has 0 saturated carbocycles. The Hall–Kier alpha value is -14.2. The van der Waals surface area contributed by atoms with Gasteiger partial charge in [0.2, 0.25) is 35.3 Å². The van der Waals surface area contributed by atoms with E-state index in [1.54, 1.807) is 65.8 Å². The second kappa shape index (κ2) is 53.7. The zero-order chi connectivity index (χ0) is 106. The molecular formula is C103H129N13O28. The average Bonchev–Trinajstić information content (AvgIpc) is 0.931. The summed E-state index contributed by atoms with van der Waals surface area (Å²) in [5.74, 6) is -9.82. The van der Waals surface area contributed by atoms with E-state index in [9.17, 15) is 102 Å². The first-order chi connectivity index (χ1) is 68.7. The summed E-state index contributed by atoms with van der Waals surface area (Å²) in [5.41, 5.74) is 4.33. The first kappa shape index (κ1) is 113. The lowest BCUT2D eigenvalue weighted by Gasteiger charge is -2.43. The summed E-state index contributed by atoms with van der Waals surface area (Å²) in [6, 6.07) is 25.6. The van der Waals surface area contributed by atoms with Crippen molar-refractivity contribution in [2.45, 2.75) is 257 Å². The van der Waals surface area contributed by atoms with Crippen LogP contribution in [0.25, 0.3) is 0 Å². The standard InChI is InChI=1S/C41H44N4O14.C21H23N3O4.C15H20N2O3.C14H17N3O4.C6H11NO.C4H8O2.C2H6/c1-18(43-38(53)20-9-11-42-12-10-20)40(55)45-13-5-7-24(45)39(54)44-23-14-28(58-19(2)33(23)48)59-26-16-41(56,27(47)17-46)15-22-30(26)37(52)32-31(35(22)50)34(49)21-6-4-8-25(57-3)29(21)36(32)51;1-15(23-19(25)17-9-11-22-12-10-17)20(26)24-13-5-8-18(24)21(27)28-14-16-6-3-2-4-7-16;1-11(16)14(18)17-9-5-8-13(17)15(19)20-10-12-6-3-2-4-7-12;1-9(16-12(18)10-4-6-15-7-5-10)13(19)17-8-2-3-11(17)14(20)21;1-5(8)6-3-2-4-7-6;1-3(2)4(5)6;1-2/h4,6,8-12,18-19,23-24,26,28,33,46,48,50,52,56H,5,7,13-17H2,1-3H3,(H,43,53)(H,44,54);2-4,6-7,9-12,15,18H,5,8,13-14H2,1H3,(H,23,25);2-4,6-7,11,13H,5,8-10,16H2,1H3;4-7,9,11H,2-3,8H2,1H3,(H,16,18)(H,20,21);6-7H,2-4H2,1H3;3H,1-2H3,(H,5,6);1-2H3/t18-,19?,23?,24+,26+,28?,33?,41+;15-,18+;11-,13+;9-,11+;6-;;/m11110../s1. The van der Waals surface area contributed by atoms with Crippen LogP contribution in [0.4, 0.5) is 0 Å². The van der Waals surface area contributed by atoms with Crippen LogP contribution in [0, 0.1) is 5.92 Å². The van der Waals surface area contributed by atoms with Crippen molar-refractivity contribution in [1.29, 1.82) is 0 Å². The van der Waals surface area contributed by atoms with Crippen molar-refractivity contribution in [3.8, 4) is 17.2 Å². The lowest BCUT2D eigenvalue weighted by molar-refractivity contribution is -0.249. The second-order valence-corrected chi connectivity index (χ2v) is 35.7. The van der Waals surface area contributed by atoms with Crippen molar-refractivity contribution >= 4 is 94.3 Å². The number of aliphatic carboxylic acids is 2. The van der Waals surface area contributed by atoms with Gasteiger partial charge in [0.15, 0.2) is 17.9 Å². The number of aromatic nitrogens is 3. The number of methoxy groups -OCH3 is 1. The van der Waals surface area contributed by atoms with Crippen LogP contribution in [0.1, 0.15) is 238 Å². The SMILES string of the molecule is CC.CC(=O)[C@@H]1CCCN1.CC(C)C(=O)O.COc1cccc2c1C(=O)c1c(O)c3c(c(O)c1C2=O)C[C@@](O)(C(=O)CO)C[C@@H]3OC1CC(NC(=O)[C@@H]2CCCN2C(=O)[C@@H](C)NC(=O)c2ccncc2)C(O)C(C)O1.C[C@@H](N)C(=O)N1CCC[C@H]1C(=O)OCc1ccccc1.C[C@@H](NC(=O)c1ccncc1)C(=O)N1CCC[C@H]1C(=O)O.C[C@@H](NC(=O)c1ccncc1)C(=O)N1CCC[C@H]1C(=O)OCc1ccccc1. The third-order valence-electron chi connectivity index (χ3n) is 25.2. The summed E-state index contributed by atoms with van der Waals surface area (Å²) in [6.07, 6.45) is 9.14. The van der Waals surface area contributed by atoms with Crippen molar-refractivity contribution in [2.24, 2.45) is 11.7 Å². The number of carboxylic acid groups (broad SMARTS) is 2. The Morgan fingerprint density at radius 3 is 1.38 bits per heavy atom. The molecule has 0 bridgehead atoms. The quantitative estimate of drug-likeness (QED) is 0.0228. The van der Waals surface area contributed by atoms with E-state index in [2.05, 4.69) is 41.5 Å².